The van der Waals surface area contributed by atoms with E-state index in [1.54, 1.807) is 0 Å². The SMILES string of the molecule is O=S([O-])C1CCC(Nc2ccc(C(F)(F)F)cn2)CC1. The Morgan fingerprint density at radius 2 is 1.90 bits per heavy atom. The van der Waals surface area contributed by atoms with Crippen molar-refractivity contribution in [3.63, 3.8) is 0 Å². The van der Waals surface area contributed by atoms with Gasteiger partial charge >= 0.3 is 6.18 Å². The number of pyridine rings is 1. The van der Waals surface area contributed by atoms with Crippen molar-refractivity contribution in [2.75, 3.05) is 5.32 Å². The first-order chi connectivity index (χ1) is 9.36. The maximum Gasteiger partial charge on any atom is 0.417 e. The van der Waals surface area contributed by atoms with Gasteiger partial charge in [0.25, 0.3) is 0 Å². The van der Waals surface area contributed by atoms with Crippen LogP contribution in [-0.4, -0.2) is 25.0 Å². The van der Waals surface area contributed by atoms with Crippen LogP contribution in [0.1, 0.15) is 31.2 Å². The maximum absolute atomic E-state index is 12.4. The van der Waals surface area contributed by atoms with Gasteiger partial charge in [-0.2, -0.15) is 13.2 Å². The number of alkyl halides is 3. The second-order valence-electron chi connectivity index (χ2n) is 4.81. The molecule has 1 fully saturated rings. The van der Waals surface area contributed by atoms with Crippen molar-refractivity contribution in [2.45, 2.75) is 43.2 Å². The molecule has 1 aromatic heterocycles. The van der Waals surface area contributed by atoms with Crippen molar-refractivity contribution in [3.05, 3.63) is 23.9 Å². The van der Waals surface area contributed by atoms with Gasteiger partial charge in [0.05, 0.1) is 5.56 Å². The van der Waals surface area contributed by atoms with Crippen LogP contribution in [0.2, 0.25) is 0 Å². The molecule has 4 nitrogen and oxygen atoms in total. The van der Waals surface area contributed by atoms with Gasteiger partial charge in [0, 0.05) is 17.5 Å². The molecule has 1 aromatic rings. The summed E-state index contributed by atoms with van der Waals surface area (Å²) in [5, 5.41) is 2.73. The monoisotopic (exact) mass is 307 g/mol. The van der Waals surface area contributed by atoms with Gasteiger partial charge in [-0.15, -0.1) is 0 Å². The summed E-state index contributed by atoms with van der Waals surface area (Å²) in [6.45, 7) is 0. The van der Waals surface area contributed by atoms with E-state index in [-0.39, 0.29) is 11.3 Å². The van der Waals surface area contributed by atoms with Gasteiger partial charge in [-0.1, -0.05) is 11.1 Å². The predicted molar refractivity (Wildman–Crippen MR) is 67.8 cm³/mol. The number of aromatic nitrogens is 1. The van der Waals surface area contributed by atoms with Gasteiger partial charge in [-0.05, 0) is 37.8 Å². The predicted octanol–water partition coefficient (Wildman–Crippen LogP) is 2.70. The van der Waals surface area contributed by atoms with Gasteiger partial charge in [0.1, 0.15) is 5.82 Å². The Morgan fingerprint density at radius 1 is 1.25 bits per heavy atom. The van der Waals surface area contributed by atoms with Crippen LogP contribution in [0.15, 0.2) is 18.3 Å². The van der Waals surface area contributed by atoms with Crippen molar-refractivity contribution >= 4 is 16.9 Å². The highest BCUT2D eigenvalue weighted by molar-refractivity contribution is 7.79. The number of halogens is 3. The molecule has 0 saturated heterocycles. The number of nitrogens with zero attached hydrogens (tertiary/aromatic N) is 1. The van der Waals surface area contributed by atoms with Gasteiger partial charge in [-0.3, -0.25) is 4.21 Å². The fraction of sp³-hybridized carbons (Fsp3) is 0.583. The van der Waals surface area contributed by atoms with Gasteiger partial charge < -0.3 is 9.87 Å². The van der Waals surface area contributed by atoms with E-state index in [4.69, 9.17) is 0 Å². The van der Waals surface area contributed by atoms with E-state index in [0.717, 1.165) is 12.3 Å². The van der Waals surface area contributed by atoms with Crippen LogP contribution < -0.4 is 5.32 Å². The van der Waals surface area contributed by atoms with Gasteiger partial charge in [0.2, 0.25) is 0 Å². The Hall–Kier alpha value is -1.15. The summed E-state index contributed by atoms with van der Waals surface area (Å²) < 4.78 is 58.8. The quantitative estimate of drug-likeness (QED) is 0.872. The highest BCUT2D eigenvalue weighted by atomic mass is 32.2. The third-order valence-electron chi connectivity index (χ3n) is 3.39. The number of anilines is 1. The Balaban J connectivity index is 1.90. The van der Waals surface area contributed by atoms with E-state index < -0.39 is 22.8 Å². The molecule has 1 unspecified atom stereocenters. The van der Waals surface area contributed by atoms with Crippen LogP contribution in [0.3, 0.4) is 0 Å². The van der Waals surface area contributed by atoms with E-state index in [1.165, 1.54) is 6.07 Å². The van der Waals surface area contributed by atoms with Crippen molar-refractivity contribution in [1.29, 1.82) is 0 Å². The van der Waals surface area contributed by atoms with Crippen molar-refractivity contribution in [3.8, 4) is 0 Å². The average Bonchev–Trinajstić information content (AvgIpc) is 2.39. The molecule has 1 aliphatic rings. The highest BCUT2D eigenvalue weighted by Gasteiger charge is 2.30. The summed E-state index contributed by atoms with van der Waals surface area (Å²) in [5.74, 6) is 0.379. The smallest absolute Gasteiger partial charge is 0.417 e. The summed E-state index contributed by atoms with van der Waals surface area (Å²) in [4.78, 5) is 3.74. The normalized spacial score (nSPS) is 25.2. The Bertz CT molecular complexity index is 471. The molecule has 8 heteroatoms. The van der Waals surface area contributed by atoms with Gasteiger partial charge in [0.15, 0.2) is 0 Å². The Kier molecular flexibility index (Phi) is 4.64. The molecule has 1 atom stereocenters. The molecular formula is C12H14F3N2O2S-. The number of hydrogen-bond donors (Lipinski definition) is 1. The molecule has 1 saturated carbocycles. The lowest BCUT2D eigenvalue weighted by molar-refractivity contribution is -0.137. The Labute approximate surface area is 117 Å². The van der Waals surface area contributed by atoms with E-state index in [2.05, 4.69) is 10.3 Å². The third-order valence-corrected chi connectivity index (χ3v) is 4.40. The first-order valence-electron chi connectivity index (χ1n) is 6.24. The first kappa shape index (κ1) is 15.2. The largest absolute Gasteiger partial charge is 0.772 e. The minimum atomic E-state index is -4.39. The lowest BCUT2D eigenvalue weighted by Crippen LogP contribution is -2.30. The van der Waals surface area contributed by atoms with Crippen LogP contribution in [-0.2, 0) is 17.3 Å². The lowest BCUT2D eigenvalue weighted by Gasteiger charge is -2.30. The zero-order chi connectivity index (χ0) is 14.8. The van der Waals surface area contributed by atoms with Crippen LogP contribution in [0.25, 0.3) is 0 Å². The molecule has 1 N–H and O–H groups in total. The summed E-state index contributed by atoms with van der Waals surface area (Å²) in [7, 11) is 0. The Morgan fingerprint density at radius 3 is 2.35 bits per heavy atom. The zero-order valence-corrected chi connectivity index (χ0v) is 11.3. The molecule has 0 spiro atoms. The minimum Gasteiger partial charge on any atom is -0.772 e. The maximum atomic E-state index is 12.4. The van der Waals surface area contributed by atoms with Crippen LogP contribution in [0, 0.1) is 0 Å². The van der Waals surface area contributed by atoms with Gasteiger partial charge in [-0.25, -0.2) is 4.98 Å². The second kappa shape index (κ2) is 6.09. The number of rotatable bonds is 3. The molecule has 0 bridgehead atoms. The van der Waals surface area contributed by atoms with Crippen molar-refractivity contribution < 1.29 is 21.9 Å². The third kappa shape index (κ3) is 3.92. The van der Waals surface area contributed by atoms with E-state index in [9.17, 15) is 21.9 Å². The molecule has 0 aromatic carbocycles. The number of hydrogen-bond acceptors (Lipinski definition) is 4. The lowest BCUT2D eigenvalue weighted by atomic mass is 9.95. The van der Waals surface area contributed by atoms with Crippen molar-refractivity contribution in [2.24, 2.45) is 0 Å². The molecule has 1 heterocycles. The zero-order valence-electron chi connectivity index (χ0n) is 10.5. The molecule has 0 radical (unpaired) electrons. The summed E-state index contributed by atoms with van der Waals surface area (Å²) in [6, 6.07) is 2.33. The second-order valence-corrected chi connectivity index (χ2v) is 6.00. The molecule has 1 aliphatic carbocycles. The molecule has 2 rings (SSSR count). The molecule has 20 heavy (non-hydrogen) atoms. The standard InChI is InChI=1S/C12H15F3N2O2S/c13-12(14,15)8-1-6-11(16-7-8)17-9-2-4-10(5-3-9)20(18)19/h1,6-7,9-10H,2-5H2,(H,16,17)(H,18,19)/p-1. The van der Waals surface area contributed by atoms with Crippen LogP contribution >= 0.6 is 0 Å². The fourth-order valence-electron chi connectivity index (χ4n) is 2.26. The van der Waals surface area contributed by atoms with E-state index in [1.807, 2.05) is 0 Å². The van der Waals surface area contributed by atoms with Crippen LogP contribution in [0.5, 0.6) is 0 Å². The molecule has 0 amide bonds. The fourth-order valence-corrected chi connectivity index (χ4v) is 2.91. The topological polar surface area (TPSA) is 65.0 Å². The van der Waals surface area contributed by atoms with Crippen molar-refractivity contribution in [1.82, 2.24) is 4.98 Å². The summed E-state index contributed by atoms with van der Waals surface area (Å²) >= 11 is -2.04. The summed E-state index contributed by atoms with van der Waals surface area (Å²) in [6.07, 6.45) is -1.13. The average molecular weight is 307 g/mol. The first-order valence-corrected chi connectivity index (χ1v) is 7.38. The molecule has 112 valence electrons. The van der Waals surface area contributed by atoms with E-state index >= 15 is 0 Å². The highest BCUT2D eigenvalue weighted by Crippen LogP contribution is 2.29. The minimum absolute atomic E-state index is 0.0547. The van der Waals surface area contributed by atoms with Crippen LogP contribution in [0.4, 0.5) is 19.0 Å². The van der Waals surface area contributed by atoms with E-state index in [0.29, 0.717) is 31.5 Å². The number of nitrogens with one attached hydrogen (secondary N) is 1. The summed E-state index contributed by atoms with van der Waals surface area (Å²) in [5.41, 5.74) is -0.784. The molecular weight excluding hydrogens is 293 g/mol. The molecule has 0 aliphatic heterocycles.